The Hall–Kier alpha value is -1.75. The molecule has 2 rings (SSSR count). The van der Waals surface area contributed by atoms with Crippen molar-refractivity contribution in [3.05, 3.63) is 62.6 Å². The Morgan fingerprint density at radius 1 is 1.17 bits per heavy atom. The standard InChI is InChI=1S/C16H13Cl3N2O2/c1-10-4-2-3-5-11(10)8-20-23-9-16(22)21-15-7-13(18)12(17)6-14(15)19/h2-8H,9H2,1H3,(H,21,22)/b20-8+. The van der Waals surface area contributed by atoms with Crippen LogP contribution in [0.4, 0.5) is 5.69 Å². The van der Waals surface area contributed by atoms with Gasteiger partial charge in [-0.25, -0.2) is 0 Å². The number of halogens is 3. The van der Waals surface area contributed by atoms with Crippen LogP contribution in [0.1, 0.15) is 11.1 Å². The van der Waals surface area contributed by atoms with E-state index < -0.39 is 5.91 Å². The summed E-state index contributed by atoms with van der Waals surface area (Å²) in [5, 5.41) is 7.25. The smallest absolute Gasteiger partial charge is 0.265 e. The highest BCUT2D eigenvalue weighted by molar-refractivity contribution is 6.44. The van der Waals surface area contributed by atoms with Gasteiger partial charge in [-0.05, 0) is 30.2 Å². The number of anilines is 1. The molecule has 0 saturated heterocycles. The molecule has 2 aromatic carbocycles. The van der Waals surface area contributed by atoms with Gasteiger partial charge in [-0.15, -0.1) is 0 Å². The van der Waals surface area contributed by atoms with Gasteiger partial charge in [0.05, 0.1) is 27.0 Å². The average molecular weight is 372 g/mol. The van der Waals surface area contributed by atoms with Crippen molar-refractivity contribution < 1.29 is 9.63 Å². The van der Waals surface area contributed by atoms with Gasteiger partial charge in [-0.3, -0.25) is 4.79 Å². The quantitative estimate of drug-likeness (QED) is 0.459. The Morgan fingerprint density at radius 2 is 1.87 bits per heavy atom. The molecule has 0 radical (unpaired) electrons. The summed E-state index contributed by atoms with van der Waals surface area (Å²) in [5.74, 6) is -0.410. The van der Waals surface area contributed by atoms with Crippen LogP contribution in [0, 0.1) is 6.92 Å². The summed E-state index contributed by atoms with van der Waals surface area (Å²) in [6.07, 6.45) is 1.55. The third-order valence-electron chi connectivity index (χ3n) is 2.93. The number of benzene rings is 2. The molecule has 0 unspecified atom stereocenters. The first-order valence-corrected chi connectivity index (χ1v) is 7.76. The lowest BCUT2D eigenvalue weighted by Gasteiger charge is -2.08. The van der Waals surface area contributed by atoms with E-state index in [2.05, 4.69) is 10.5 Å². The Kier molecular flexibility index (Phi) is 6.28. The Labute approximate surface area is 149 Å². The molecule has 2 aromatic rings. The largest absolute Gasteiger partial charge is 0.386 e. The number of hydrogen-bond donors (Lipinski definition) is 1. The van der Waals surface area contributed by atoms with Crippen molar-refractivity contribution in [1.82, 2.24) is 0 Å². The average Bonchev–Trinajstić information content (AvgIpc) is 2.51. The number of nitrogens with one attached hydrogen (secondary N) is 1. The molecule has 1 amide bonds. The lowest BCUT2D eigenvalue weighted by Crippen LogP contribution is -2.17. The van der Waals surface area contributed by atoms with Gasteiger partial charge in [-0.1, -0.05) is 64.2 Å². The summed E-state index contributed by atoms with van der Waals surface area (Å²) in [6, 6.07) is 10.6. The van der Waals surface area contributed by atoms with Gasteiger partial charge in [-0.2, -0.15) is 0 Å². The van der Waals surface area contributed by atoms with Crippen molar-refractivity contribution in [3.8, 4) is 0 Å². The summed E-state index contributed by atoms with van der Waals surface area (Å²) < 4.78 is 0. The van der Waals surface area contributed by atoms with Gasteiger partial charge in [0.15, 0.2) is 6.61 Å². The lowest BCUT2D eigenvalue weighted by molar-refractivity contribution is -0.120. The van der Waals surface area contributed by atoms with E-state index in [0.29, 0.717) is 15.7 Å². The Balaban J connectivity index is 1.89. The first-order chi connectivity index (χ1) is 11.0. The van der Waals surface area contributed by atoms with E-state index in [9.17, 15) is 4.79 Å². The van der Waals surface area contributed by atoms with Crippen LogP contribution >= 0.6 is 34.8 Å². The summed E-state index contributed by atoms with van der Waals surface area (Å²) in [4.78, 5) is 16.8. The highest BCUT2D eigenvalue weighted by Gasteiger charge is 2.09. The fourth-order valence-electron chi connectivity index (χ4n) is 1.73. The van der Waals surface area contributed by atoms with E-state index in [1.807, 2.05) is 31.2 Å². The van der Waals surface area contributed by atoms with Crippen molar-refractivity contribution in [1.29, 1.82) is 0 Å². The third kappa shape index (κ3) is 5.13. The zero-order chi connectivity index (χ0) is 16.8. The molecule has 0 heterocycles. The molecule has 0 aliphatic heterocycles. The number of carbonyl (C=O) groups excluding carboxylic acids is 1. The summed E-state index contributed by atoms with van der Waals surface area (Å²) >= 11 is 17.7. The molecule has 0 aliphatic rings. The van der Waals surface area contributed by atoms with E-state index in [4.69, 9.17) is 39.6 Å². The van der Waals surface area contributed by atoms with Gasteiger partial charge in [0.1, 0.15) is 0 Å². The number of amides is 1. The van der Waals surface area contributed by atoms with Crippen LogP contribution in [0.25, 0.3) is 0 Å². The van der Waals surface area contributed by atoms with E-state index in [1.54, 1.807) is 6.21 Å². The first-order valence-electron chi connectivity index (χ1n) is 6.62. The third-order valence-corrected chi connectivity index (χ3v) is 3.97. The van der Waals surface area contributed by atoms with E-state index in [1.165, 1.54) is 12.1 Å². The second kappa shape index (κ2) is 8.20. The molecule has 0 spiro atoms. The maximum Gasteiger partial charge on any atom is 0.265 e. The van der Waals surface area contributed by atoms with Crippen LogP contribution in [0.2, 0.25) is 15.1 Å². The minimum absolute atomic E-state index is 0.251. The predicted molar refractivity (Wildman–Crippen MR) is 94.8 cm³/mol. The van der Waals surface area contributed by atoms with Crippen molar-refractivity contribution in [2.75, 3.05) is 11.9 Å². The first kappa shape index (κ1) is 17.6. The summed E-state index contributed by atoms with van der Waals surface area (Å²) in [5.41, 5.74) is 2.34. The minimum Gasteiger partial charge on any atom is -0.386 e. The molecule has 4 nitrogen and oxygen atoms in total. The highest BCUT2D eigenvalue weighted by Crippen LogP contribution is 2.32. The Bertz CT molecular complexity index is 748. The number of nitrogens with zero attached hydrogens (tertiary/aromatic N) is 1. The van der Waals surface area contributed by atoms with Crippen molar-refractivity contribution >= 4 is 52.6 Å². The molecule has 1 N–H and O–H groups in total. The number of carbonyl (C=O) groups is 1. The molecule has 0 bridgehead atoms. The molecule has 0 aliphatic carbocycles. The molecule has 0 atom stereocenters. The normalized spacial score (nSPS) is 10.8. The topological polar surface area (TPSA) is 50.7 Å². The maximum atomic E-state index is 11.8. The summed E-state index contributed by atoms with van der Waals surface area (Å²) in [7, 11) is 0. The fourth-order valence-corrected chi connectivity index (χ4v) is 2.32. The van der Waals surface area contributed by atoms with Crippen LogP contribution in [0.3, 0.4) is 0 Å². The molecule has 0 saturated carbocycles. The van der Waals surface area contributed by atoms with Gasteiger partial charge in [0, 0.05) is 0 Å². The van der Waals surface area contributed by atoms with Gasteiger partial charge < -0.3 is 10.2 Å². The van der Waals surface area contributed by atoms with Gasteiger partial charge in [0.2, 0.25) is 0 Å². The number of rotatable bonds is 5. The predicted octanol–water partition coefficient (Wildman–Crippen LogP) is 4.94. The second-order valence-electron chi connectivity index (χ2n) is 4.66. The molecule has 120 valence electrons. The maximum absolute atomic E-state index is 11.8. The minimum atomic E-state index is -0.410. The number of hydrogen-bond acceptors (Lipinski definition) is 3. The molecule has 7 heteroatoms. The van der Waals surface area contributed by atoms with Gasteiger partial charge in [0.25, 0.3) is 5.91 Å². The van der Waals surface area contributed by atoms with Gasteiger partial charge >= 0.3 is 0 Å². The zero-order valence-corrected chi connectivity index (χ0v) is 14.4. The van der Waals surface area contributed by atoms with Crippen molar-refractivity contribution in [2.24, 2.45) is 5.16 Å². The molecule has 23 heavy (non-hydrogen) atoms. The van der Waals surface area contributed by atoms with Crippen LogP contribution in [-0.2, 0) is 9.63 Å². The molecule has 0 aromatic heterocycles. The van der Waals surface area contributed by atoms with Crippen molar-refractivity contribution in [2.45, 2.75) is 6.92 Å². The van der Waals surface area contributed by atoms with Crippen LogP contribution in [0.5, 0.6) is 0 Å². The summed E-state index contributed by atoms with van der Waals surface area (Å²) in [6.45, 7) is 1.71. The molecule has 0 fully saturated rings. The second-order valence-corrected chi connectivity index (χ2v) is 5.88. The Morgan fingerprint density at radius 3 is 2.61 bits per heavy atom. The van der Waals surface area contributed by atoms with Crippen LogP contribution in [-0.4, -0.2) is 18.7 Å². The van der Waals surface area contributed by atoms with Crippen molar-refractivity contribution in [3.63, 3.8) is 0 Å². The van der Waals surface area contributed by atoms with E-state index >= 15 is 0 Å². The van der Waals surface area contributed by atoms with Crippen LogP contribution in [0.15, 0.2) is 41.6 Å². The fraction of sp³-hybridized carbons (Fsp3) is 0.125. The van der Waals surface area contributed by atoms with Crippen LogP contribution < -0.4 is 5.32 Å². The number of aryl methyl sites for hydroxylation is 1. The highest BCUT2D eigenvalue weighted by atomic mass is 35.5. The zero-order valence-electron chi connectivity index (χ0n) is 12.1. The van der Waals surface area contributed by atoms with E-state index in [-0.39, 0.29) is 11.6 Å². The monoisotopic (exact) mass is 370 g/mol. The molecular formula is C16H13Cl3N2O2. The SMILES string of the molecule is Cc1ccccc1/C=N/OCC(=O)Nc1cc(Cl)c(Cl)cc1Cl. The molecular weight excluding hydrogens is 359 g/mol. The number of oxime groups is 1. The van der Waals surface area contributed by atoms with E-state index in [0.717, 1.165) is 11.1 Å². The lowest BCUT2D eigenvalue weighted by atomic mass is 10.1.